The minimum absolute atomic E-state index is 0.0155. The molecule has 102 valence electrons. The van der Waals surface area contributed by atoms with Gasteiger partial charge in [0.05, 0.1) is 12.3 Å². The number of aromatic nitrogens is 2. The fourth-order valence-electron chi connectivity index (χ4n) is 2.17. The van der Waals surface area contributed by atoms with Gasteiger partial charge in [0.25, 0.3) is 0 Å². The normalized spacial score (nSPS) is 11.2. The zero-order chi connectivity index (χ0) is 14.1. The lowest BCUT2D eigenvalue weighted by Gasteiger charge is -2.06. The van der Waals surface area contributed by atoms with Crippen LogP contribution in [-0.4, -0.2) is 14.5 Å². The van der Waals surface area contributed by atoms with E-state index < -0.39 is 0 Å². The van der Waals surface area contributed by atoms with Gasteiger partial charge < -0.3 is 9.51 Å². The zero-order valence-corrected chi connectivity index (χ0v) is 12.3. The Morgan fingerprint density at radius 2 is 2.05 bits per heavy atom. The highest BCUT2D eigenvalue weighted by atomic mass is 32.2. The summed E-state index contributed by atoms with van der Waals surface area (Å²) in [5.41, 5.74) is 4.16. The van der Waals surface area contributed by atoms with Gasteiger partial charge in [-0.2, -0.15) is 0 Å². The van der Waals surface area contributed by atoms with Crippen molar-refractivity contribution < 1.29 is 5.11 Å². The molecule has 4 heteroatoms. The third kappa shape index (κ3) is 2.32. The van der Waals surface area contributed by atoms with E-state index in [0.29, 0.717) is 0 Å². The van der Waals surface area contributed by atoms with Gasteiger partial charge in [0, 0.05) is 11.1 Å². The van der Waals surface area contributed by atoms with E-state index in [1.807, 2.05) is 28.8 Å². The third-order valence-corrected chi connectivity index (χ3v) is 4.47. The number of hydrogen-bond acceptors (Lipinski definition) is 3. The predicted octanol–water partition coefficient (Wildman–Crippen LogP) is 3.59. The maximum atomic E-state index is 9.63. The van der Waals surface area contributed by atoms with E-state index in [4.69, 9.17) is 0 Å². The maximum Gasteiger partial charge on any atom is 0.138 e. The van der Waals surface area contributed by atoms with Crippen molar-refractivity contribution in [3.63, 3.8) is 0 Å². The van der Waals surface area contributed by atoms with Crippen molar-refractivity contribution in [2.45, 2.75) is 30.4 Å². The summed E-state index contributed by atoms with van der Waals surface area (Å²) >= 11 is 1.61. The van der Waals surface area contributed by atoms with Crippen LogP contribution in [0.4, 0.5) is 0 Å². The lowest BCUT2D eigenvalue weighted by atomic mass is 10.2. The van der Waals surface area contributed by atoms with Crippen molar-refractivity contribution in [3.8, 4) is 0 Å². The van der Waals surface area contributed by atoms with Crippen molar-refractivity contribution in [2.24, 2.45) is 0 Å². The molecule has 3 aromatic rings. The monoisotopic (exact) mass is 284 g/mol. The molecule has 0 aliphatic heterocycles. The van der Waals surface area contributed by atoms with Gasteiger partial charge in [0.1, 0.15) is 10.7 Å². The van der Waals surface area contributed by atoms with Crippen LogP contribution in [0.2, 0.25) is 0 Å². The number of benzene rings is 1. The minimum atomic E-state index is -0.0155. The van der Waals surface area contributed by atoms with Crippen LogP contribution in [0.25, 0.3) is 5.65 Å². The first-order valence-corrected chi connectivity index (χ1v) is 7.32. The van der Waals surface area contributed by atoms with Crippen LogP contribution < -0.4 is 0 Å². The Balaban J connectivity index is 2.08. The third-order valence-electron chi connectivity index (χ3n) is 3.29. The van der Waals surface area contributed by atoms with Crippen molar-refractivity contribution in [1.82, 2.24) is 9.38 Å². The first kappa shape index (κ1) is 13.2. The standard InChI is InChI=1S/C16H16N2OS/c1-11-6-7-12(2)14(9-11)20-16-13(10-19)18-8-4-3-5-15(18)17-16/h3-9,19H,10H2,1-2H3. The predicted molar refractivity (Wildman–Crippen MR) is 81.2 cm³/mol. The number of hydrogen-bond donors (Lipinski definition) is 1. The number of aryl methyl sites for hydroxylation is 2. The van der Waals surface area contributed by atoms with Gasteiger partial charge >= 0.3 is 0 Å². The van der Waals surface area contributed by atoms with E-state index in [9.17, 15) is 5.11 Å². The summed E-state index contributed by atoms with van der Waals surface area (Å²) in [5, 5.41) is 10.5. The number of aliphatic hydroxyl groups is 1. The Morgan fingerprint density at radius 1 is 1.20 bits per heavy atom. The van der Waals surface area contributed by atoms with Gasteiger partial charge in [-0.25, -0.2) is 4.98 Å². The Hall–Kier alpha value is -1.78. The van der Waals surface area contributed by atoms with Gasteiger partial charge in [-0.05, 0) is 43.2 Å². The molecule has 2 heterocycles. The van der Waals surface area contributed by atoms with Crippen LogP contribution >= 0.6 is 11.8 Å². The molecular formula is C16H16N2OS. The van der Waals surface area contributed by atoms with Gasteiger partial charge in [-0.3, -0.25) is 0 Å². The molecule has 0 saturated heterocycles. The van der Waals surface area contributed by atoms with Crippen LogP contribution in [0.1, 0.15) is 16.8 Å². The molecule has 1 N–H and O–H groups in total. The molecule has 20 heavy (non-hydrogen) atoms. The van der Waals surface area contributed by atoms with Crippen LogP contribution in [0.5, 0.6) is 0 Å². The molecule has 0 fully saturated rings. The summed E-state index contributed by atoms with van der Waals surface area (Å²) in [6.07, 6.45) is 1.93. The molecule has 0 spiro atoms. The first-order chi connectivity index (χ1) is 9.69. The fraction of sp³-hybridized carbons (Fsp3) is 0.188. The van der Waals surface area contributed by atoms with Crippen LogP contribution in [0.3, 0.4) is 0 Å². The van der Waals surface area contributed by atoms with Crippen molar-refractivity contribution in [1.29, 1.82) is 0 Å². The molecule has 1 aromatic carbocycles. The second-order valence-electron chi connectivity index (χ2n) is 4.82. The molecule has 3 nitrogen and oxygen atoms in total. The molecule has 3 rings (SSSR count). The van der Waals surface area contributed by atoms with Crippen molar-refractivity contribution in [3.05, 3.63) is 59.4 Å². The fourth-order valence-corrected chi connectivity index (χ4v) is 3.27. The molecule has 0 aliphatic rings. The smallest absolute Gasteiger partial charge is 0.138 e. The van der Waals surface area contributed by atoms with E-state index in [2.05, 4.69) is 37.0 Å². The number of pyridine rings is 1. The molecule has 0 aliphatic carbocycles. The van der Waals surface area contributed by atoms with Crippen molar-refractivity contribution in [2.75, 3.05) is 0 Å². The maximum absolute atomic E-state index is 9.63. The van der Waals surface area contributed by atoms with Gasteiger partial charge in [0.15, 0.2) is 0 Å². The molecule has 0 unspecified atom stereocenters. The van der Waals surface area contributed by atoms with Crippen LogP contribution in [0, 0.1) is 13.8 Å². The number of aliphatic hydroxyl groups excluding tert-OH is 1. The molecular weight excluding hydrogens is 268 g/mol. The topological polar surface area (TPSA) is 37.5 Å². The van der Waals surface area contributed by atoms with E-state index >= 15 is 0 Å². The lowest BCUT2D eigenvalue weighted by Crippen LogP contribution is -1.93. The minimum Gasteiger partial charge on any atom is -0.390 e. The number of imidazole rings is 1. The quantitative estimate of drug-likeness (QED) is 0.798. The van der Waals surface area contributed by atoms with Gasteiger partial charge in [0.2, 0.25) is 0 Å². The van der Waals surface area contributed by atoms with E-state index in [0.717, 1.165) is 16.4 Å². The summed E-state index contributed by atoms with van der Waals surface area (Å²) < 4.78 is 1.94. The summed E-state index contributed by atoms with van der Waals surface area (Å²) in [4.78, 5) is 5.80. The second-order valence-corrected chi connectivity index (χ2v) is 5.85. The van der Waals surface area contributed by atoms with E-state index in [-0.39, 0.29) is 6.61 Å². The molecule has 2 aromatic heterocycles. The van der Waals surface area contributed by atoms with Crippen LogP contribution in [0.15, 0.2) is 52.5 Å². The summed E-state index contributed by atoms with van der Waals surface area (Å²) in [6, 6.07) is 12.2. The van der Waals surface area contributed by atoms with Gasteiger partial charge in [-0.15, -0.1) is 0 Å². The molecule has 0 bridgehead atoms. The van der Waals surface area contributed by atoms with E-state index in [1.54, 1.807) is 11.8 Å². The largest absolute Gasteiger partial charge is 0.390 e. The highest BCUT2D eigenvalue weighted by molar-refractivity contribution is 7.99. The number of rotatable bonds is 3. The van der Waals surface area contributed by atoms with Gasteiger partial charge in [-0.1, -0.05) is 30.0 Å². The SMILES string of the molecule is Cc1ccc(C)c(Sc2nc3ccccn3c2CO)c1. The summed E-state index contributed by atoms with van der Waals surface area (Å²) in [6.45, 7) is 4.16. The molecule has 0 amide bonds. The van der Waals surface area contributed by atoms with Crippen LogP contribution in [-0.2, 0) is 6.61 Å². The average molecular weight is 284 g/mol. The Kier molecular flexibility index (Phi) is 3.51. The Labute approximate surface area is 122 Å². The summed E-state index contributed by atoms with van der Waals surface area (Å²) in [5.74, 6) is 0. The number of fused-ring (bicyclic) bond motifs is 1. The molecule has 0 atom stereocenters. The second kappa shape index (κ2) is 5.31. The Morgan fingerprint density at radius 3 is 2.85 bits per heavy atom. The number of nitrogens with zero attached hydrogens (tertiary/aromatic N) is 2. The van der Waals surface area contributed by atoms with E-state index in [1.165, 1.54) is 16.0 Å². The summed E-state index contributed by atoms with van der Waals surface area (Å²) in [7, 11) is 0. The molecule has 0 radical (unpaired) electrons. The highest BCUT2D eigenvalue weighted by Crippen LogP contribution is 2.33. The Bertz CT molecular complexity index is 764. The molecule has 0 saturated carbocycles. The van der Waals surface area contributed by atoms with Crippen molar-refractivity contribution >= 4 is 17.4 Å². The zero-order valence-electron chi connectivity index (χ0n) is 11.5. The lowest BCUT2D eigenvalue weighted by molar-refractivity contribution is 0.272. The average Bonchev–Trinajstić information content (AvgIpc) is 2.80. The first-order valence-electron chi connectivity index (χ1n) is 6.51. The highest BCUT2D eigenvalue weighted by Gasteiger charge is 2.13.